The minimum absolute atomic E-state index is 0.0239. The average molecular weight is 534 g/mol. The number of carbonyl (C=O) groups excluding carboxylic acids is 1. The summed E-state index contributed by atoms with van der Waals surface area (Å²) in [5.74, 6) is -0.507. The Morgan fingerprint density at radius 1 is 1.06 bits per heavy atom. The summed E-state index contributed by atoms with van der Waals surface area (Å²) < 4.78 is 80.3. The Hall–Kier alpha value is -3.30. The van der Waals surface area contributed by atoms with E-state index in [1.165, 1.54) is 4.68 Å². The molecule has 0 N–H and O–H groups in total. The molecule has 0 unspecified atom stereocenters. The zero-order valence-corrected chi connectivity index (χ0v) is 20.0. The zero-order valence-electron chi connectivity index (χ0n) is 19.2. The number of carbonyl (C=O) groups is 1. The van der Waals surface area contributed by atoms with Crippen molar-refractivity contribution < 1.29 is 31.1 Å². The Labute approximate surface area is 204 Å². The molecule has 4 rings (SSSR count). The highest BCUT2D eigenvalue weighted by molar-refractivity contribution is 7.16. The van der Waals surface area contributed by atoms with E-state index in [0.29, 0.717) is 23.0 Å². The number of nitrogens with zero attached hydrogens (tertiary/aromatic N) is 8. The van der Waals surface area contributed by atoms with Crippen molar-refractivity contribution in [2.24, 2.45) is 0 Å². The van der Waals surface area contributed by atoms with E-state index in [4.69, 9.17) is 0 Å². The summed E-state index contributed by atoms with van der Waals surface area (Å²) in [6, 6.07) is -0.371. The molecule has 0 aliphatic carbocycles. The molecule has 9 nitrogen and oxygen atoms in total. The first-order valence-electron chi connectivity index (χ1n) is 10.6. The fraction of sp³-hybridized carbons (Fsp3) is 0.500. The van der Waals surface area contributed by atoms with Gasteiger partial charge in [-0.1, -0.05) is 11.3 Å². The predicted molar refractivity (Wildman–Crippen MR) is 116 cm³/mol. The van der Waals surface area contributed by atoms with Crippen LogP contribution in [0.5, 0.6) is 0 Å². The Morgan fingerprint density at radius 2 is 1.72 bits per heavy atom. The molecule has 0 spiro atoms. The second-order valence-electron chi connectivity index (χ2n) is 8.21. The number of halogens is 6. The number of aromatic nitrogens is 6. The molecular weight excluding hydrogens is 514 g/mol. The summed E-state index contributed by atoms with van der Waals surface area (Å²) in [6.45, 7) is 5.77. The number of thiazole rings is 1. The van der Waals surface area contributed by atoms with Gasteiger partial charge < -0.3 is 9.80 Å². The number of amides is 1. The van der Waals surface area contributed by atoms with Crippen LogP contribution in [0.25, 0.3) is 11.3 Å². The third kappa shape index (κ3) is 5.27. The lowest BCUT2D eigenvalue weighted by molar-refractivity contribution is -0.145. The summed E-state index contributed by atoms with van der Waals surface area (Å²) in [6.07, 6.45) is -7.93. The van der Waals surface area contributed by atoms with Gasteiger partial charge in [-0.25, -0.2) is 24.6 Å². The zero-order chi connectivity index (χ0) is 26.4. The predicted octanol–water partition coefficient (Wildman–Crippen LogP) is 3.58. The van der Waals surface area contributed by atoms with E-state index in [2.05, 4.69) is 25.0 Å². The topological polar surface area (TPSA) is 92.9 Å². The molecular formula is C20H20F6N8OS. The quantitative estimate of drug-likeness (QED) is 0.473. The van der Waals surface area contributed by atoms with Crippen molar-refractivity contribution in [1.29, 1.82) is 0 Å². The van der Waals surface area contributed by atoms with E-state index >= 15 is 0 Å². The van der Waals surface area contributed by atoms with Crippen LogP contribution in [0.3, 0.4) is 0 Å². The number of rotatable bonds is 4. The first-order valence-corrected chi connectivity index (χ1v) is 11.5. The van der Waals surface area contributed by atoms with Crippen LogP contribution in [-0.4, -0.2) is 66.2 Å². The van der Waals surface area contributed by atoms with E-state index in [0.717, 1.165) is 12.4 Å². The second kappa shape index (κ2) is 9.29. The minimum atomic E-state index is -4.79. The molecule has 16 heteroatoms. The standard InChI is InChI=1S/C20H20F6N8OS/c1-10-8-32(4-5-33(10)14(35)9-34-12(3)29-11(2)31-34)16-15(30-18(36-16)20(24,25)26)13-6-27-17(28-7-13)19(21,22)23/h6-7,10H,4-5,8-9H2,1-3H3/t10-/m1/s1. The van der Waals surface area contributed by atoms with Crippen molar-refractivity contribution in [3.8, 4) is 11.3 Å². The molecule has 36 heavy (non-hydrogen) atoms. The summed E-state index contributed by atoms with van der Waals surface area (Å²) >= 11 is 0.383. The van der Waals surface area contributed by atoms with Crippen molar-refractivity contribution in [3.05, 3.63) is 34.9 Å². The van der Waals surface area contributed by atoms with Crippen molar-refractivity contribution >= 4 is 22.2 Å². The Balaban J connectivity index is 1.57. The number of anilines is 1. The number of hydrogen-bond donors (Lipinski definition) is 0. The highest BCUT2D eigenvalue weighted by Crippen LogP contribution is 2.43. The van der Waals surface area contributed by atoms with E-state index in [9.17, 15) is 31.1 Å². The molecule has 4 heterocycles. The van der Waals surface area contributed by atoms with Crippen LogP contribution in [0.2, 0.25) is 0 Å². The van der Waals surface area contributed by atoms with Crippen molar-refractivity contribution in [2.45, 2.75) is 45.7 Å². The SMILES string of the molecule is Cc1nc(C)n(CC(=O)N2CCN(c3sc(C(F)(F)F)nc3-c3cnc(C(F)(F)F)nc3)C[C@H]2C)n1. The van der Waals surface area contributed by atoms with Gasteiger partial charge in [-0.05, 0) is 20.8 Å². The second-order valence-corrected chi connectivity index (χ2v) is 9.19. The molecule has 1 aliphatic heterocycles. The van der Waals surface area contributed by atoms with Crippen molar-refractivity contribution in [2.75, 3.05) is 24.5 Å². The summed E-state index contributed by atoms with van der Waals surface area (Å²) in [5.41, 5.74) is -0.241. The summed E-state index contributed by atoms with van der Waals surface area (Å²) in [4.78, 5) is 30.4. The molecule has 0 saturated carbocycles. The van der Waals surface area contributed by atoms with Crippen LogP contribution in [-0.2, 0) is 23.7 Å². The lowest BCUT2D eigenvalue weighted by atomic mass is 10.1. The third-order valence-corrected chi connectivity index (χ3v) is 6.67. The highest BCUT2D eigenvalue weighted by atomic mass is 32.1. The van der Waals surface area contributed by atoms with Gasteiger partial charge in [0.25, 0.3) is 0 Å². The van der Waals surface area contributed by atoms with E-state index < -0.39 is 23.2 Å². The van der Waals surface area contributed by atoms with Gasteiger partial charge in [-0.3, -0.25) is 4.79 Å². The third-order valence-electron chi connectivity index (χ3n) is 5.51. The molecule has 1 saturated heterocycles. The van der Waals surface area contributed by atoms with Gasteiger partial charge in [0.15, 0.2) is 0 Å². The smallest absolute Gasteiger partial charge is 0.358 e. The number of hydrogen-bond acceptors (Lipinski definition) is 8. The first kappa shape index (κ1) is 25.8. The maximum absolute atomic E-state index is 13.5. The van der Waals surface area contributed by atoms with Gasteiger partial charge in [-0.2, -0.15) is 31.4 Å². The van der Waals surface area contributed by atoms with Crippen LogP contribution in [0, 0.1) is 13.8 Å². The van der Waals surface area contributed by atoms with Crippen LogP contribution >= 0.6 is 11.3 Å². The normalized spacial score (nSPS) is 17.1. The van der Waals surface area contributed by atoms with Gasteiger partial charge in [-0.15, -0.1) is 0 Å². The van der Waals surface area contributed by atoms with Crippen molar-refractivity contribution in [3.63, 3.8) is 0 Å². The number of alkyl halides is 6. The Morgan fingerprint density at radius 3 is 2.25 bits per heavy atom. The maximum atomic E-state index is 13.5. The molecule has 194 valence electrons. The van der Waals surface area contributed by atoms with Crippen LogP contribution in [0.4, 0.5) is 31.3 Å². The molecule has 0 bridgehead atoms. The average Bonchev–Trinajstić information content (AvgIpc) is 3.36. The number of piperazine rings is 1. The largest absolute Gasteiger partial charge is 0.451 e. The molecule has 1 fully saturated rings. The lowest BCUT2D eigenvalue weighted by Gasteiger charge is -2.40. The van der Waals surface area contributed by atoms with Crippen LogP contribution < -0.4 is 4.90 Å². The van der Waals surface area contributed by atoms with Gasteiger partial charge >= 0.3 is 12.4 Å². The van der Waals surface area contributed by atoms with E-state index in [1.54, 1.807) is 30.6 Å². The van der Waals surface area contributed by atoms with Crippen LogP contribution in [0.15, 0.2) is 12.4 Å². The lowest BCUT2D eigenvalue weighted by Crippen LogP contribution is -2.54. The van der Waals surface area contributed by atoms with Gasteiger partial charge in [0.1, 0.15) is 28.9 Å². The van der Waals surface area contributed by atoms with Crippen LogP contribution in [0.1, 0.15) is 29.4 Å². The van der Waals surface area contributed by atoms with Gasteiger partial charge in [0.05, 0.1) is 0 Å². The molecule has 3 aromatic heterocycles. The van der Waals surface area contributed by atoms with Gasteiger partial charge in [0.2, 0.25) is 16.7 Å². The van der Waals surface area contributed by atoms with Crippen molar-refractivity contribution in [1.82, 2.24) is 34.6 Å². The van der Waals surface area contributed by atoms with E-state index in [-0.39, 0.29) is 54.4 Å². The first-order chi connectivity index (χ1) is 16.7. The fourth-order valence-corrected chi connectivity index (χ4v) is 4.87. The molecule has 1 amide bonds. The Kier molecular flexibility index (Phi) is 6.66. The number of aryl methyl sites for hydroxylation is 2. The highest BCUT2D eigenvalue weighted by Gasteiger charge is 2.39. The van der Waals surface area contributed by atoms with E-state index in [1.807, 2.05) is 0 Å². The fourth-order valence-electron chi connectivity index (χ4n) is 3.87. The monoisotopic (exact) mass is 534 g/mol. The Bertz CT molecular complexity index is 1250. The molecule has 1 aliphatic rings. The molecule has 1 atom stereocenters. The summed E-state index contributed by atoms with van der Waals surface area (Å²) in [5, 5.41) is 3.15. The summed E-state index contributed by atoms with van der Waals surface area (Å²) in [7, 11) is 0. The molecule has 3 aromatic rings. The minimum Gasteiger partial charge on any atom is -0.358 e. The van der Waals surface area contributed by atoms with Gasteiger partial charge in [0, 0.05) is 43.6 Å². The maximum Gasteiger partial charge on any atom is 0.451 e. The molecule has 0 aromatic carbocycles. The molecule has 0 radical (unpaired) electrons.